The number of anilines is 1. The van der Waals surface area contributed by atoms with Crippen molar-refractivity contribution in [2.75, 3.05) is 25.6 Å². The van der Waals surface area contributed by atoms with Crippen LogP contribution in [-0.2, 0) is 9.59 Å². The summed E-state index contributed by atoms with van der Waals surface area (Å²) < 4.78 is 11.7. The van der Waals surface area contributed by atoms with E-state index in [1.807, 2.05) is 18.2 Å². The van der Waals surface area contributed by atoms with Crippen molar-refractivity contribution >= 4 is 39.5 Å². The van der Waals surface area contributed by atoms with E-state index in [4.69, 9.17) is 9.47 Å². The second-order valence-electron chi connectivity index (χ2n) is 5.94. The van der Waals surface area contributed by atoms with Gasteiger partial charge in [-0.2, -0.15) is 0 Å². The molecule has 0 heterocycles. The molecule has 152 valence electrons. The third-order valence-electron chi connectivity index (χ3n) is 3.75. The van der Waals surface area contributed by atoms with Crippen molar-refractivity contribution in [2.24, 2.45) is 0 Å². The summed E-state index contributed by atoms with van der Waals surface area (Å²) in [6.45, 7) is 4.23. The van der Waals surface area contributed by atoms with Gasteiger partial charge in [-0.1, -0.05) is 34.7 Å². The van der Waals surface area contributed by atoms with E-state index < -0.39 is 0 Å². The lowest BCUT2D eigenvalue weighted by Crippen LogP contribution is -2.26. The largest absolute Gasteiger partial charge is 0.493 e. The molecule has 0 aliphatic carbocycles. The highest BCUT2D eigenvalue weighted by Gasteiger charge is 2.05. The smallest absolute Gasteiger partial charge is 0.244 e. The first kappa shape index (κ1) is 22.2. The minimum atomic E-state index is -0.285. The molecule has 2 rings (SSSR count). The Bertz CT molecular complexity index is 879. The summed E-state index contributed by atoms with van der Waals surface area (Å²) in [7, 11) is 1.55. The molecule has 0 spiro atoms. The lowest BCUT2D eigenvalue weighted by molar-refractivity contribution is -0.117. The standard InChI is InChI=1S/C22H23BrN2O4/c1-3-14-29-19-10-4-16(15-20(19)28-2)5-11-21(26)24-13-12-22(27)25-18-8-6-17(23)7-9-18/h3-11,15H,1,12-14H2,2H3,(H,24,26)(H,25,27). The van der Waals surface area contributed by atoms with Crippen LogP contribution in [0.3, 0.4) is 0 Å². The number of carbonyl (C=O) groups excluding carboxylic acids is 2. The van der Waals surface area contributed by atoms with Gasteiger partial charge in [0, 0.05) is 29.2 Å². The van der Waals surface area contributed by atoms with Crippen molar-refractivity contribution in [2.45, 2.75) is 6.42 Å². The van der Waals surface area contributed by atoms with Crippen molar-refractivity contribution in [3.05, 3.63) is 71.2 Å². The highest BCUT2D eigenvalue weighted by atomic mass is 79.9. The van der Waals surface area contributed by atoms with Gasteiger partial charge < -0.3 is 20.1 Å². The van der Waals surface area contributed by atoms with Crippen LogP contribution in [0.25, 0.3) is 6.08 Å². The van der Waals surface area contributed by atoms with Gasteiger partial charge in [0.15, 0.2) is 11.5 Å². The molecule has 2 aromatic rings. The average molecular weight is 459 g/mol. The number of nitrogens with one attached hydrogen (secondary N) is 2. The summed E-state index contributed by atoms with van der Waals surface area (Å²) in [4.78, 5) is 23.9. The molecule has 0 bridgehead atoms. The predicted molar refractivity (Wildman–Crippen MR) is 118 cm³/mol. The molecular formula is C22H23BrN2O4. The highest BCUT2D eigenvalue weighted by molar-refractivity contribution is 9.10. The van der Waals surface area contributed by atoms with Crippen LogP contribution >= 0.6 is 15.9 Å². The summed E-state index contributed by atoms with van der Waals surface area (Å²) in [5.41, 5.74) is 1.50. The Balaban J connectivity index is 1.79. The number of methoxy groups -OCH3 is 1. The van der Waals surface area contributed by atoms with Crippen LogP contribution in [0.15, 0.2) is 65.7 Å². The average Bonchev–Trinajstić information content (AvgIpc) is 2.72. The molecule has 2 aromatic carbocycles. The third kappa shape index (κ3) is 7.83. The van der Waals surface area contributed by atoms with Gasteiger partial charge in [0.1, 0.15) is 6.61 Å². The quantitative estimate of drug-likeness (QED) is 0.413. The van der Waals surface area contributed by atoms with E-state index in [1.54, 1.807) is 43.5 Å². The van der Waals surface area contributed by atoms with Gasteiger partial charge >= 0.3 is 0 Å². The Kier molecular flexibility index (Phi) is 8.98. The monoisotopic (exact) mass is 458 g/mol. The summed E-state index contributed by atoms with van der Waals surface area (Å²) in [6, 6.07) is 12.6. The summed E-state index contributed by atoms with van der Waals surface area (Å²) in [5.74, 6) is 0.716. The molecule has 0 unspecified atom stereocenters. The van der Waals surface area contributed by atoms with Gasteiger partial charge in [-0.25, -0.2) is 0 Å². The first-order valence-corrected chi connectivity index (χ1v) is 9.74. The zero-order chi connectivity index (χ0) is 21.1. The Morgan fingerprint density at radius 1 is 1.14 bits per heavy atom. The van der Waals surface area contributed by atoms with E-state index >= 15 is 0 Å². The Hall–Kier alpha value is -3.06. The van der Waals surface area contributed by atoms with Crippen LogP contribution in [0.5, 0.6) is 11.5 Å². The summed E-state index contributed by atoms with van der Waals surface area (Å²) in [5, 5.41) is 5.46. The molecule has 2 amide bonds. The molecule has 7 heteroatoms. The van der Waals surface area contributed by atoms with Crippen LogP contribution in [0.4, 0.5) is 5.69 Å². The fourth-order valence-corrected chi connectivity index (χ4v) is 2.61. The highest BCUT2D eigenvalue weighted by Crippen LogP contribution is 2.28. The van der Waals surface area contributed by atoms with Crippen LogP contribution in [0, 0.1) is 0 Å². The van der Waals surface area contributed by atoms with Gasteiger partial charge in [-0.15, -0.1) is 0 Å². The number of ether oxygens (including phenoxy) is 2. The predicted octanol–water partition coefficient (Wildman–Crippen LogP) is 4.18. The van der Waals surface area contributed by atoms with Gasteiger partial charge in [0.05, 0.1) is 7.11 Å². The van der Waals surface area contributed by atoms with Crippen LogP contribution in [0.1, 0.15) is 12.0 Å². The van der Waals surface area contributed by atoms with E-state index in [0.29, 0.717) is 23.8 Å². The number of rotatable bonds is 10. The van der Waals surface area contributed by atoms with Gasteiger partial charge in [0.25, 0.3) is 0 Å². The summed E-state index contributed by atoms with van der Waals surface area (Å²) in [6.07, 6.45) is 4.90. The number of halogens is 1. The SMILES string of the molecule is C=CCOc1ccc(C=CC(=O)NCCC(=O)Nc2ccc(Br)cc2)cc1OC. The van der Waals surface area contributed by atoms with Crippen molar-refractivity contribution in [1.29, 1.82) is 0 Å². The number of amides is 2. The molecule has 2 N–H and O–H groups in total. The number of benzene rings is 2. The van der Waals surface area contributed by atoms with Crippen LogP contribution < -0.4 is 20.1 Å². The molecule has 0 radical (unpaired) electrons. The fraction of sp³-hybridized carbons (Fsp3) is 0.182. The summed E-state index contributed by atoms with van der Waals surface area (Å²) >= 11 is 3.34. The lowest BCUT2D eigenvalue weighted by atomic mass is 10.2. The van der Waals surface area contributed by atoms with Crippen molar-refractivity contribution in [1.82, 2.24) is 5.32 Å². The molecule has 0 aromatic heterocycles. The maximum Gasteiger partial charge on any atom is 0.244 e. The van der Waals surface area contributed by atoms with E-state index in [2.05, 4.69) is 33.1 Å². The third-order valence-corrected chi connectivity index (χ3v) is 4.28. The Morgan fingerprint density at radius 2 is 1.90 bits per heavy atom. The second kappa shape index (κ2) is 11.7. The van der Waals surface area contributed by atoms with E-state index in [1.165, 1.54) is 6.08 Å². The van der Waals surface area contributed by atoms with Crippen molar-refractivity contribution in [3.63, 3.8) is 0 Å². The molecule has 0 saturated heterocycles. The minimum absolute atomic E-state index is 0.170. The van der Waals surface area contributed by atoms with Gasteiger partial charge in [-0.05, 0) is 48.0 Å². The fourth-order valence-electron chi connectivity index (χ4n) is 2.34. The zero-order valence-electron chi connectivity index (χ0n) is 16.1. The molecule has 0 saturated carbocycles. The number of hydrogen-bond donors (Lipinski definition) is 2. The van der Waals surface area contributed by atoms with Gasteiger partial charge in [0.2, 0.25) is 11.8 Å². The first-order chi connectivity index (χ1) is 14.0. The molecule has 0 aliphatic rings. The normalized spacial score (nSPS) is 10.4. The zero-order valence-corrected chi connectivity index (χ0v) is 17.7. The van der Waals surface area contributed by atoms with Crippen LogP contribution in [0.2, 0.25) is 0 Å². The molecule has 6 nitrogen and oxygen atoms in total. The van der Waals surface area contributed by atoms with E-state index in [0.717, 1.165) is 10.0 Å². The molecule has 0 aliphatic heterocycles. The van der Waals surface area contributed by atoms with E-state index in [-0.39, 0.29) is 24.8 Å². The maximum atomic E-state index is 12.0. The Labute approximate surface area is 178 Å². The molecular weight excluding hydrogens is 436 g/mol. The maximum absolute atomic E-state index is 12.0. The van der Waals surface area contributed by atoms with Crippen molar-refractivity contribution in [3.8, 4) is 11.5 Å². The van der Waals surface area contributed by atoms with Crippen molar-refractivity contribution < 1.29 is 19.1 Å². The lowest BCUT2D eigenvalue weighted by Gasteiger charge is -2.09. The minimum Gasteiger partial charge on any atom is -0.493 e. The molecule has 0 atom stereocenters. The topological polar surface area (TPSA) is 76.7 Å². The second-order valence-corrected chi connectivity index (χ2v) is 6.86. The van der Waals surface area contributed by atoms with Gasteiger partial charge in [-0.3, -0.25) is 9.59 Å². The first-order valence-electron chi connectivity index (χ1n) is 8.95. The number of hydrogen-bond acceptors (Lipinski definition) is 4. The van der Waals surface area contributed by atoms with Crippen LogP contribution in [-0.4, -0.2) is 32.1 Å². The van der Waals surface area contributed by atoms with E-state index in [9.17, 15) is 9.59 Å². The molecule has 0 fully saturated rings. The molecule has 29 heavy (non-hydrogen) atoms. The number of carbonyl (C=O) groups is 2. The Morgan fingerprint density at radius 3 is 2.59 bits per heavy atom.